The van der Waals surface area contributed by atoms with Crippen molar-refractivity contribution in [3.8, 4) is 0 Å². The van der Waals surface area contributed by atoms with Crippen molar-refractivity contribution in [3.63, 3.8) is 0 Å². The summed E-state index contributed by atoms with van der Waals surface area (Å²) in [5.41, 5.74) is 2.89. The molecule has 5 heteroatoms. The van der Waals surface area contributed by atoms with E-state index in [2.05, 4.69) is 10.6 Å². The van der Waals surface area contributed by atoms with Crippen LogP contribution >= 0.6 is 0 Å². The van der Waals surface area contributed by atoms with Crippen LogP contribution in [0.1, 0.15) is 34.8 Å². The predicted molar refractivity (Wildman–Crippen MR) is 75.6 cm³/mol. The minimum Gasteiger partial charge on any atom is -0.481 e. The zero-order valence-electron chi connectivity index (χ0n) is 11.6. The molecule has 108 valence electrons. The van der Waals surface area contributed by atoms with Gasteiger partial charge in [-0.2, -0.15) is 0 Å². The zero-order valence-corrected chi connectivity index (χ0v) is 11.6. The molecule has 1 atom stereocenters. The topological polar surface area (TPSA) is 78.4 Å². The molecule has 1 aliphatic heterocycles. The van der Waals surface area contributed by atoms with Crippen molar-refractivity contribution >= 4 is 11.9 Å². The van der Waals surface area contributed by atoms with Crippen LogP contribution in [0.4, 0.5) is 0 Å². The summed E-state index contributed by atoms with van der Waals surface area (Å²) in [5.74, 6) is -1.57. The van der Waals surface area contributed by atoms with Crippen LogP contribution in [0, 0.1) is 5.92 Å². The molecule has 5 nitrogen and oxygen atoms in total. The van der Waals surface area contributed by atoms with Crippen molar-refractivity contribution in [2.24, 2.45) is 5.92 Å². The van der Waals surface area contributed by atoms with Crippen LogP contribution in [-0.2, 0) is 17.8 Å². The summed E-state index contributed by atoms with van der Waals surface area (Å²) >= 11 is 0. The third-order valence-corrected chi connectivity index (χ3v) is 3.74. The van der Waals surface area contributed by atoms with Crippen molar-refractivity contribution in [2.45, 2.75) is 26.3 Å². The fourth-order valence-corrected chi connectivity index (χ4v) is 2.46. The molecule has 2 rings (SSSR count). The number of carbonyl (C=O) groups is 2. The lowest BCUT2D eigenvalue weighted by molar-refractivity contribution is -0.141. The van der Waals surface area contributed by atoms with Gasteiger partial charge in [-0.1, -0.05) is 19.1 Å². The maximum atomic E-state index is 12.2. The monoisotopic (exact) mass is 276 g/mol. The Bertz CT molecular complexity index is 514. The fraction of sp³-hybridized carbons (Fsp3) is 0.467. The Labute approximate surface area is 118 Å². The quantitative estimate of drug-likeness (QED) is 0.754. The van der Waals surface area contributed by atoms with Gasteiger partial charge in [-0.15, -0.1) is 0 Å². The van der Waals surface area contributed by atoms with Gasteiger partial charge < -0.3 is 15.7 Å². The Morgan fingerprint density at radius 1 is 1.45 bits per heavy atom. The highest BCUT2D eigenvalue weighted by atomic mass is 16.4. The standard InChI is InChI=1S/C15H20N2O3/c1-2-10(15(19)20)9-17-14(18)13-5-3-4-11-8-16-7-6-12(11)13/h3-5,10,16H,2,6-9H2,1H3,(H,17,18)(H,19,20). The second kappa shape index (κ2) is 6.52. The molecule has 20 heavy (non-hydrogen) atoms. The van der Waals surface area contributed by atoms with E-state index in [9.17, 15) is 9.59 Å². The van der Waals surface area contributed by atoms with Gasteiger partial charge in [0.15, 0.2) is 0 Å². The molecular formula is C15H20N2O3. The van der Waals surface area contributed by atoms with Gasteiger partial charge >= 0.3 is 5.97 Å². The molecule has 1 amide bonds. The van der Waals surface area contributed by atoms with E-state index in [-0.39, 0.29) is 12.5 Å². The third-order valence-electron chi connectivity index (χ3n) is 3.74. The highest BCUT2D eigenvalue weighted by molar-refractivity contribution is 5.96. The van der Waals surface area contributed by atoms with Gasteiger partial charge in [-0.25, -0.2) is 0 Å². The average Bonchev–Trinajstić information content (AvgIpc) is 2.46. The summed E-state index contributed by atoms with van der Waals surface area (Å²) in [6, 6.07) is 5.70. The highest BCUT2D eigenvalue weighted by Gasteiger charge is 2.20. The average molecular weight is 276 g/mol. The number of aliphatic carboxylic acids is 1. The SMILES string of the molecule is CCC(CNC(=O)c1cccc2c1CCNC2)C(=O)O. The van der Waals surface area contributed by atoms with Gasteiger partial charge in [0.05, 0.1) is 5.92 Å². The first-order chi connectivity index (χ1) is 9.63. The van der Waals surface area contributed by atoms with Crippen LogP contribution in [0.3, 0.4) is 0 Å². The van der Waals surface area contributed by atoms with Crippen LogP contribution in [0.2, 0.25) is 0 Å². The van der Waals surface area contributed by atoms with Crippen molar-refractivity contribution < 1.29 is 14.7 Å². The summed E-state index contributed by atoms with van der Waals surface area (Å²) in [7, 11) is 0. The molecule has 1 aromatic carbocycles. The van der Waals surface area contributed by atoms with Crippen LogP contribution in [-0.4, -0.2) is 30.1 Å². The molecule has 0 saturated carbocycles. The largest absolute Gasteiger partial charge is 0.481 e. The van der Waals surface area contributed by atoms with Crippen molar-refractivity contribution in [1.82, 2.24) is 10.6 Å². The molecule has 1 heterocycles. The third kappa shape index (κ3) is 3.17. The van der Waals surface area contributed by atoms with E-state index in [1.807, 2.05) is 12.1 Å². The summed E-state index contributed by atoms with van der Waals surface area (Å²) in [6.45, 7) is 3.63. The van der Waals surface area contributed by atoms with Crippen molar-refractivity contribution in [2.75, 3.05) is 13.1 Å². The lowest BCUT2D eigenvalue weighted by Gasteiger charge is -2.20. The first-order valence-corrected chi connectivity index (χ1v) is 6.96. The van der Waals surface area contributed by atoms with E-state index in [0.717, 1.165) is 30.6 Å². The highest BCUT2D eigenvalue weighted by Crippen LogP contribution is 2.18. The molecule has 0 saturated heterocycles. The predicted octanol–water partition coefficient (Wildman–Crippen LogP) is 1.17. The second-order valence-electron chi connectivity index (χ2n) is 5.02. The Kier molecular flexibility index (Phi) is 4.74. The molecule has 0 spiro atoms. The molecule has 0 radical (unpaired) electrons. The number of rotatable bonds is 5. The molecule has 1 aliphatic rings. The van der Waals surface area contributed by atoms with E-state index < -0.39 is 11.9 Å². The molecule has 0 bridgehead atoms. The lowest BCUT2D eigenvalue weighted by Crippen LogP contribution is -2.34. The van der Waals surface area contributed by atoms with Crippen LogP contribution in [0.25, 0.3) is 0 Å². The number of hydrogen-bond donors (Lipinski definition) is 3. The first kappa shape index (κ1) is 14.5. The minimum absolute atomic E-state index is 0.173. The summed E-state index contributed by atoms with van der Waals surface area (Å²) in [4.78, 5) is 23.2. The van der Waals surface area contributed by atoms with Gasteiger partial charge in [0, 0.05) is 18.7 Å². The van der Waals surface area contributed by atoms with Crippen LogP contribution in [0.15, 0.2) is 18.2 Å². The Balaban J connectivity index is 2.08. The van der Waals surface area contributed by atoms with Gasteiger partial charge in [0.25, 0.3) is 5.91 Å². The molecule has 0 fully saturated rings. The first-order valence-electron chi connectivity index (χ1n) is 6.96. The van der Waals surface area contributed by atoms with Gasteiger partial charge in [0.1, 0.15) is 0 Å². The van der Waals surface area contributed by atoms with Gasteiger partial charge in [-0.3, -0.25) is 9.59 Å². The lowest BCUT2D eigenvalue weighted by atomic mass is 9.95. The minimum atomic E-state index is -0.868. The normalized spacial score (nSPS) is 15.2. The molecule has 3 N–H and O–H groups in total. The van der Waals surface area contributed by atoms with E-state index in [1.54, 1.807) is 13.0 Å². The second-order valence-corrected chi connectivity index (χ2v) is 5.02. The van der Waals surface area contributed by atoms with Gasteiger partial charge in [-0.05, 0) is 36.6 Å². The fourth-order valence-electron chi connectivity index (χ4n) is 2.46. The molecule has 1 aromatic rings. The number of benzene rings is 1. The number of carboxylic acids is 1. The molecule has 0 aromatic heterocycles. The number of amides is 1. The number of carbonyl (C=O) groups excluding carboxylic acids is 1. The Morgan fingerprint density at radius 3 is 2.95 bits per heavy atom. The number of fused-ring (bicyclic) bond motifs is 1. The smallest absolute Gasteiger partial charge is 0.308 e. The summed E-state index contributed by atoms with van der Waals surface area (Å²) in [5, 5.41) is 15.0. The number of carboxylic acid groups (broad SMARTS) is 1. The van der Waals surface area contributed by atoms with Crippen LogP contribution < -0.4 is 10.6 Å². The van der Waals surface area contributed by atoms with Gasteiger partial charge in [0.2, 0.25) is 0 Å². The van der Waals surface area contributed by atoms with E-state index in [4.69, 9.17) is 5.11 Å². The number of nitrogens with one attached hydrogen (secondary N) is 2. The maximum absolute atomic E-state index is 12.2. The zero-order chi connectivity index (χ0) is 14.5. The Morgan fingerprint density at radius 2 is 2.25 bits per heavy atom. The molecule has 1 unspecified atom stereocenters. The number of hydrogen-bond acceptors (Lipinski definition) is 3. The van der Waals surface area contributed by atoms with Crippen molar-refractivity contribution in [1.29, 1.82) is 0 Å². The van der Waals surface area contributed by atoms with Crippen LogP contribution in [0.5, 0.6) is 0 Å². The van der Waals surface area contributed by atoms with Crippen molar-refractivity contribution in [3.05, 3.63) is 34.9 Å². The summed E-state index contributed by atoms with van der Waals surface area (Å²) in [6.07, 6.45) is 1.33. The molecular weight excluding hydrogens is 256 g/mol. The summed E-state index contributed by atoms with van der Waals surface area (Å²) < 4.78 is 0. The van der Waals surface area contributed by atoms with E-state index in [1.165, 1.54) is 0 Å². The maximum Gasteiger partial charge on any atom is 0.308 e. The van der Waals surface area contributed by atoms with E-state index in [0.29, 0.717) is 12.0 Å². The van der Waals surface area contributed by atoms with E-state index >= 15 is 0 Å². The Hall–Kier alpha value is -1.88. The molecule has 0 aliphatic carbocycles.